The number of halogens is 1. The molecular formula is C30H48ClN4O4P. The number of allylic oxidation sites excluding steroid dienone is 2. The topological polar surface area (TPSA) is 107 Å². The third-order valence-electron chi connectivity index (χ3n) is 6.12. The van der Waals surface area contributed by atoms with Gasteiger partial charge in [0.25, 0.3) is 7.82 Å². The Labute approximate surface area is 245 Å². The summed E-state index contributed by atoms with van der Waals surface area (Å²) in [4.78, 5) is 26.9. The highest BCUT2D eigenvalue weighted by molar-refractivity contribution is 7.43. The van der Waals surface area contributed by atoms with Crippen LogP contribution in [0.2, 0.25) is 5.02 Å². The molecule has 2 heterocycles. The zero-order chi connectivity index (χ0) is 29.5. The summed E-state index contributed by atoms with van der Waals surface area (Å²) >= 11 is 6.16. The van der Waals surface area contributed by atoms with Crippen LogP contribution in [0.25, 0.3) is 0 Å². The van der Waals surface area contributed by atoms with E-state index in [0.29, 0.717) is 0 Å². The first kappa shape index (κ1) is 35.8. The van der Waals surface area contributed by atoms with Gasteiger partial charge in [0, 0.05) is 24.0 Å². The van der Waals surface area contributed by atoms with Crippen LogP contribution < -0.4 is 9.46 Å². The first-order valence-corrected chi connectivity index (χ1v) is 16.3. The van der Waals surface area contributed by atoms with Gasteiger partial charge in [-0.05, 0) is 43.4 Å². The highest BCUT2D eigenvalue weighted by Crippen LogP contribution is 2.19. The molecule has 224 valence electrons. The molecule has 1 aromatic carbocycles. The number of aromatic nitrogens is 4. The number of rotatable bonds is 16. The molecule has 0 spiro atoms. The van der Waals surface area contributed by atoms with Crippen LogP contribution in [0.15, 0.2) is 73.9 Å². The Balaban J connectivity index is 0.000000391. The zero-order valence-electron chi connectivity index (χ0n) is 24.2. The molecule has 0 saturated heterocycles. The van der Waals surface area contributed by atoms with E-state index in [1.807, 2.05) is 36.9 Å². The molecule has 0 bridgehead atoms. The molecule has 0 aliphatic rings. The Morgan fingerprint density at radius 3 is 2.10 bits per heavy atom. The number of nitrogens with zero attached hydrogens (tertiary/aromatic N) is 4. The minimum atomic E-state index is -4.89. The lowest BCUT2D eigenvalue weighted by molar-refractivity contribution is -0.686. The summed E-state index contributed by atoms with van der Waals surface area (Å²) in [5.41, 5.74) is 1.18. The van der Waals surface area contributed by atoms with Crippen LogP contribution in [0.5, 0.6) is 0 Å². The van der Waals surface area contributed by atoms with Gasteiger partial charge in [0.05, 0.1) is 12.9 Å². The molecule has 8 nitrogen and oxygen atoms in total. The van der Waals surface area contributed by atoms with E-state index < -0.39 is 7.82 Å². The zero-order valence-corrected chi connectivity index (χ0v) is 25.8. The maximum atomic E-state index is 8.77. The van der Waals surface area contributed by atoms with Crippen molar-refractivity contribution >= 4 is 19.4 Å². The van der Waals surface area contributed by atoms with Gasteiger partial charge in [-0.2, -0.15) is 0 Å². The molecule has 0 radical (unpaired) electrons. The van der Waals surface area contributed by atoms with E-state index in [-0.39, 0.29) is 0 Å². The standard InChI is InChI=1S/C20H28ClN2.C10H18N2.H3O4P/c1-2-3-4-5-9-14-22-16-17-23(18-22)15-10-8-12-19-11-6-7-13-20(19)21;1-2-3-4-5-6-8-12-9-7-11-10-12;1-5(2,3)4/h6-8,10-11,13,16-18H,2-5,9,12,14-15H2,1H3;7,9-10H,2-6,8H2,1H3;(H3,1,2,3,4)/q+1;;/p-1. The van der Waals surface area contributed by atoms with Gasteiger partial charge in [-0.1, -0.05) is 94.7 Å². The van der Waals surface area contributed by atoms with Gasteiger partial charge in [-0.15, -0.1) is 0 Å². The lowest BCUT2D eigenvalue weighted by Gasteiger charge is -2.01. The third-order valence-corrected chi connectivity index (χ3v) is 6.49. The number of unbranched alkanes of at least 4 members (excludes halogenated alkanes) is 8. The van der Waals surface area contributed by atoms with Gasteiger partial charge in [0.1, 0.15) is 18.9 Å². The van der Waals surface area contributed by atoms with Crippen molar-refractivity contribution < 1.29 is 23.8 Å². The molecule has 0 amide bonds. The van der Waals surface area contributed by atoms with E-state index in [9.17, 15) is 0 Å². The highest BCUT2D eigenvalue weighted by Gasteiger charge is 2.02. The van der Waals surface area contributed by atoms with E-state index in [1.165, 1.54) is 69.8 Å². The van der Waals surface area contributed by atoms with Gasteiger partial charge in [-0.3, -0.25) is 4.57 Å². The third kappa shape index (κ3) is 20.7. The average molecular weight is 595 g/mol. The average Bonchev–Trinajstić information content (AvgIpc) is 3.59. The molecular weight excluding hydrogens is 547 g/mol. The summed E-state index contributed by atoms with van der Waals surface area (Å²) in [6, 6.07) is 8.02. The minimum absolute atomic E-state index is 0.846. The van der Waals surface area contributed by atoms with Crippen LogP contribution in [0.4, 0.5) is 0 Å². The Morgan fingerprint density at radius 2 is 1.52 bits per heavy atom. The molecule has 2 N–H and O–H groups in total. The monoisotopic (exact) mass is 594 g/mol. The van der Waals surface area contributed by atoms with Gasteiger partial charge < -0.3 is 19.2 Å². The molecule has 0 saturated carbocycles. The smallest absolute Gasteiger partial charge is 0.262 e. The molecule has 0 atom stereocenters. The summed E-state index contributed by atoms with van der Waals surface area (Å²) in [6.45, 7) is 7.67. The van der Waals surface area contributed by atoms with Gasteiger partial charge >= 0.3 is 0 Å². The fourth-order valence-electron chi connectivity index (χ4n) is 3.96. The number of phosphoric acid groups is 1. The molecule has 10 heteroatoms. The van der Waals surface area contributed by atoms with Crippen LogP contribution in [0.1, 0.15) is 83.6 Å². The van der Waals surface area contributed by atoms with Crippen LogP contribution in [0, 0.1) is 0 Å². The van der Waals surface area contributed by atoms with E-state index >= 15 is 0 Å². The maximum Gasteiger partial charge on any atom is 0.262 e. The largest absolute Gasteiger partial charge is 0.756 e. The number of hydrogen-bond donors (Lipinski definition) is 2. The predicted octanol–water partition coefficient (Wildman–Crippen LogP) is 6.49. The molecule has 2 aromatic heterocycles. The van der Waals surface area contributed by atoms with Crippen molar-refractivity contribution in [2.24, 2.45) is 0 Å². The van der Waals surface area contributed by atoms with E-state index in [2.05, 4.69) is 69.5 Å². The van der Waals surface area contributed by atoms with Crippen molar-refractivity contribution in [1.82, 2.24) is 14.1 Å². The quantitative estimate of drug-likeness (QED) is 0.0853. The van der Waals surface area contributed by atoms with E-state index in [1.54, 1.807) is 0 Å². The summed E-state index contributed by atoms with van der Waals surface area (Å²) in [7, 11) is -4.89. The maximum absolute atomic E-state index is 8.77. The van der Waals surface area contributed by atoms with Crippen molar-refractivity contribution in [2.75, 3.05) is 0 Å². The second kappa shape index (κ2) is 22.5. The van der Waals surface area contributed by atoms with Crippen molar-refractivity contribution in [3.05, 3.63) is 84.4 Å². The van der Waals surface area contributed by atoms with Gasteiger partial charge in [-0.25, -0.2) is 14.1 Å². The van der Waals surface area contributed by atoms with E-state index in [4.69, 9.17) is 30.8 Å². The second-order valence-corrected chi connectivity index (χ2v) is 11.1. The molecule has 0 unspecified atom stereocenters. The van der Waals surface area contributed by atoms with Gasteiger partial charge in [0.15, 0.2) is 0 Å². The summed E-state index contributed by atoms with van der Waals surface area (Å²) in [6.07, 6.45) is 30.9. The second-order valence-electron chi connectivity index (χ2n) is 9.73. The number of benzene rings is 1. The Morgan fingerprint density at radius 1 is 0.925 bits per heavy atom. The van der Waals surface area contributed by atoms with Crippen molar-refractivity contribution in [1.29, 1.82) is 0 Å². The Kier molecular flexibility index (Phi) is 20.1. The lowest BCUT2D eigenvalue weighted by Crippen LogP contribution is -2.29. The Bertz CT molecular complexity index is 1070. The molecule has 0 fully saturated rings. The first-order chi connectivity index (χ1) is 19.2. The van der Waals surface area contributed by atoms with Crippen LogP contribution >= 0.6 is 19.4 Å². The van der Waals surface area contributed by atoms with Gasteiger partial charge in [0.2, 0.25) is 6.33 Å². The SMILES string of the molecule is CCCCCCCn1cc[n+](CC=CCc2ccccc2Cl)c1.CCCCCCCn1ccnc1.O=P([O-])(O)O. The summed E-state index contributed by atoms with van der Waals surface area (Å²) < 4.78 is 15.4. The van der Waals surface area contributed by atoms with Crippen LogP contribution in [-0.4, -0.2) is 23.9 Å². The van der Waals surface area contributed by atoms with Crippen molar-refractivity contribution in [3.8, 4) is 0 Å². The van der Waals surface area contributed by atoms with Crippen molar-refractivity contribution in [2.45, 2.75) is 104 Å². The number of imidazole rings is 2. The first-order valence-electron chi connectivity index (χ1n) is 14.4. The van der Waals surface area contributed by atoms with Crippen LogP contribution in [0.3, 0.4) is 0 Å². The van der Waals surface area contributed by atoms with E-state index in [0.717, 1.165) is 31.1 Å². The predicted molar refractivity (Wildman–Crippen MR) is 161 cm³/mol. The minimum Gasteiger partial charge on any atom is -0.756 e. The molecule has 3 aromatic rings. The normalized spacial score (nSPS) is 11.2. The molecule has 0 aliphatic heterocycles. The summed E-state index contributed by atoms with van der Waals surface area (Å²) in [5.74, 6) is 0. The molecule has 40 heavy (non-hydrogen) atoms. The molecule has 0 aliphatic carbocycles. The van der Waals surface area contributed by atoms with Crippen LogP contribution in [-0.2, 0) is 30.6 Å². The fourth-order valence-corrected chi connectivity index (χ4v) is 4.18. The number of hydrogen-bond acceptors (Lipinski definition) is 3. The number of aryl methyl sites for hydroxylation is 2. The molecule has 3 rings (SSSR count). The highest BCUT2D eigenvalue weighted by atomic mass is 35.5. The fraction of sp³-hybridized carbons (Fsp3) is 0.533. The Hall–Kier alpha value is -2.22. The summed E-state index contributed by atoms with van der Waals surface area (Å²) in [5, 5.41) is 0.846. The lowest BCUT2D eigenvalue weighted by atomic mass is 10.1. The van der Waals surface area contributed by atoms with Crippen molar-refractivity contribution in [3.63, 3.8) is 0 Å².